The lowest BCUT2D eigenvalue weighted by molar-refractivity contribution is 0.0963. The lowest BCUT2D eigenvalue weighted by atomic mass is 9.84. The zero-order chi connectivity index (χ0) is 28.9. The fourth-order valence-corrected chi connectivity index (χ4v) is 5.10. The molecule has 1 aliphatic carbocycles. The number of anilines is 3. The number of aromatic nitrogens is 2. The zero-order valence-corrected chi connectivity index (χ0v) is 23.9. The average Bonchev–Trinajstić information content (AvgIpc) is 3.15. The molecule has 3 N–H and O–H groups in total. The number of allylic oxidation sites excluding steroid dienone is 5. The molecule has 1 aliphatic heterocycles. The molecule has 10 heteroatoms. The maximum absolute atomic E-state index is 15.6. The van der Waals surface area contributed by atoms with Crippen molar-refractivity contribution < 1.29 is 9.18 Å². The van der Waals surface area contributed by atoms with E-state index in [1.54, 1.807) is 55.9 Å². The third-order valence-corrected chi connectivity index (χ3v) is 7.24. The van der Waals surface area contributed by atoms with Crippen LogP contribution in [0.15, 0.2) is 77.6 Å². The van der Waals surface area contributed by atoms with Gasteiger partial charge in [0.2, 0.25) is 5.95 Å². The van der Waals surface area contributed by atoms with Gasteiger partial charge in [-0.1, -0.05) is 23.7 Å². The SMILES string of the molecule is CNCCCN(C)c1cccc(F)c1C1=CC(Cl)=NC=C2C1=CCc1cnc(Nc3ccc(C(=O)NC)cc3)nc12. The van der Waals surface area contributed by atoms with Gasteiger partial charge in [-0.15, -0.1) is 0 Å². The van der Waals surface area contributed by atoms with Crippen molar-refractivity contribution in [1.82, 2.24) is 20.6 Å². The number of nitrogens with zero attached hydrogens (tertiary/aromatic N) is 4. The Balaban J connectivity index is 1.50. The first-order chi connectivity index (χ1) is 19.9. The number of amides is 1. The van der Waals surface area contributed by atoms with E-state index in [4.69, 9.17) is 16.6 Å². The number of rotatable bonds is 9. The number of halogens is 2. The van der Waals surface area contributed by atoms with E-state index in [9.17, 15) is 4.79 Å². The summed E-state index contributed by atoms with van der Waals surface area (Å²) in [5.74, 6) is -0.109. The molecule has 8 nitrogen and oxygen atoms in total. The molecule has 2 heterocycles. The number of fused-ring (bicyclic) bond motifs is 3. The number of nitrogens with one attached hydrogen (secondary N) is 3. The van der Waals surface area contributed by atoms with Gasteiger partial charge in [-0.3, -0.25) is 4.79 Å². The smallest absolute Gasteiger partial charge is 0.251 e. The Bertz CT molecular complexity index is 1590. The van der Waals surface area contributed by atoms with Crippen LogP contribution in [0.2, 0.25) is 0 Å². The van der Waals surface area contributed by atoms with Crippen molar-refractivity contribution in [3.8, 4) is 0 Å². The lowest BCUT2D eigenvalue weighted by Gasteiger charge is -2.26. The third-order valence-electron chi connectivity index (χ3n) is 7.03. The van der Waals surface area contributed by atoms with Crippen LogP contribution in [0.1, 0.15) is 33.6 Å². The molecule has 2 aliphatic rings. The standard InChI is InChI=1S/C31H31ClFN7O/c1-34-14-5-15-40(3)26-7-4-6-25(33)28(26)23-16-27(32)36-18-24-22(23)13-10-20-17-37-31(39-29(20)24)38-21-11-8-19(9-12-21)30(41)35-2/h4,6-9,11-13,16-18,34H,5,10,14-15H2,1-3H3,(H,35,41)(H,37,38,39). The Labute approximate surface area is 243 Å². The highest BCUT2D eigenvalue weighted by Crippen LogP contribution is 2.43. The molecule has 0 saturated heterocycles. The highest BCUT2D eigenvalue weighted by atomic mass is 35.5. The number of carbonyl (C=O) groups is 1. The van der Waals surface area contributed by atoms with E-state index in [1.807, 2.05) is 20.2 Å². The van der Waals surface area contributed by atoms with E-state index in [1.165, 1.54) is 6.07 Å². The van der Waals surface area contributed by atoms with E-state index in [0.29, 0.717) is 34.8 Å². The summed E-state index contributed by atoms with van der Waals surface area (Å²) in [5, 5.41) is 9.23. The van der Waals surface area contributed by atoms with Gasteiger partial charge in [-0.05, 0) is 80.1 Å². The van der Waals surface area contributed by atoms with Crippen molar-refractivity contribution in [3.63, 3.8) is 0 Å². The summed E-state index contributed by atoms with van der Waals surface area (Å²) in [5.41, 5.74) is 6.35. The molecule has 1 amide bonds. The molecule has 0 atom stereocenters. The van der Waals surface area contributed by atoms with Crippen LogP contribution in [0.25, 0.3) is 11.1 Å². The Morgan fingerprint density at radius 3 is 2.66 bits per heavy atom. The molecule has 0 bridgehead atoms. The summed E-state index contributed by atoms with van der Waals surface area (Å²) in [6.45, 7) is 1.61. The van der Waals surface area contributed by atoms with Gasteiger partial charge in [0.1, 0.15) is 11.0 Å². The van der Waals surface area contributed by atoms with Crippen LogP contribution in [0, 0.1) is 5.82 Å². The molecule has 5 rings (SSSR count). The molecule has 0 radical (unpaired) electrons. The lowest BCUT2D eigenvalue weighted by Crippen LogP contribution is -2.23. The van der Waals surface area contributed by atoms with Crippen molar-refractivity contribution >= 4 is 51.1 Å². The molecule has 1 aromatic heterocycles. The minimum Gasteiger partial charge on any atom is -0.374 e. The quantitative estimate of drug-likeness (QED) is 0.301. The van der Waals surface area contributed by atoms with Gasteiger partial charge >= 0.3 is 0 Å². The van der Waals surface area contributed by atoms with E-state index >= 15 is 4.39 Å². The summed E-state index contributed by atoms with van der Waals surface area (Å²) in [6, 6.07) is 12.2. The predicted octanol–water partition coefficient (Wildman–Crippen LogP) is 5.32. The van der Waals surface area contributed by atoms with Gasteiger partial charge in [0.15, 0.2) is 0 Å². The Morgan fingerprint density at radius 2 is 1.90 bits per heavy atom. The van der Waals surface area contributed by atoms with Crippen molar-refractivity contribution in [1.29, 1.82) is 0 Å². The molecule has 3 aromatic rings. The first kappa shape index (κ1) is 28.2. The topological polar surface area (TPSA) is 94.5 Å². The number of hydrogen-bond acceptors (Lipinski definition) is 7. The molecular weight excluding hydrogens is 541 g/mol. The monoisotopic (exact) mass is 571 g/mol. The Morgan fingerprint density at radius 1 is 1.10 bits per heavy atom. The van der Waals surface area contributed by atoms with Crippen LogP contribution in [0.5, 0.6) is 0 Å². The molecule has 210 valence electrons. The van der Waals surface area contributed by atoms with Gasteiger partial charge < -0.3 is 20.9 Å². The van der Waals surface area contributed by atoms with Crippen molar-refractivity contribution in [2.45, 2.75) is 12.8 Å². The Kier molecular flexibility index (Phi) is 8.56. The molecule has 0 spiro atoms. The first-order valence-corrected chi connectivity index (χ1v) is 13.7. The second-order valence-corrected chi connectivity index (χ2v) is 10.1. The van der Waals surface area contributed by atoms with Gasteiger partial charge in [-0.2, -0.15) is 0 Å². The second-order valence-electron chi connectivity index (χ2n) is 9.74. The summed E-state index contributed by atoms with van der Waals surface area (Å²) in [7, 11) is 5.48. The normalized spacial score (nSPS) is 14.0. The number of benzene rings is 2. The molecule has 2 aromatic carbocycles. The van der Waals surface area contributed by atoms with Crippen LogP contribution in [-0.4, -0.2) is 55.3 Å². The fraction of sp³-hybridized carbons (Fsp3) is 0.226. The maximum Gasteiger partial charge on any atom is 0.251 e. The van der Waals surface area contributed by atoms with E-state index < -0.39 is 0 Å². The highest BCUT2D eigenvalue weighted by molar-refractivity contribution is 6.69. The Hall–Kier alpha value is -4.34. The van der Waals surface area contributed by atoms with Crippen LogP contribution in [0.4, 0.5) is 21.7 Å². The molecule has 0 unspecified atom stereocenters. The van der Waals surface area contributed by atoms with Crippen LogP contribution in [0.3, 0.4) is 0 Å². The summed E-state index contributed by atoms with van der Waals surface area (Å²) < 4.78 is 15.6. The van der Waals surface area contributed by atoms with Crippen LogP contribution < -0.4 is 20.9 Å². The highest BCUT2D eigenvalue weighted by Gasteiger charge is 2.28. The summed E-state index contributed by atoms with van der Waals surface area (Å²) >= 11 is 6.51. The minimum absolute atomic E-state index is 0.161. The van der Waals surface area contributed by atoms with Crippen LogP contribution in [-0.2, 0) is 6.42 Å². The average molecular weight is 572 g/mol. The number of hydrogen-bond donors (Lipinski definition) is 3. The van der Waals surface area contributed by atoms with E-state index in [2.05, 4.69) is 36.9 Å². The van der Waals surface area contributed by atoms with E-state index in [0.717, 1.165) is 47.6 Å². The van der Waals surface area contributed by atoms with Crippen molar-refractivity contribution in [2.75, 3.05) is 44.4 Å². The largest absolute Gasteiger partial charge is 0.374 e. The predicted molar refractivity (Wildman–Crippen MR) is 164 cm³/mol. The van der Waals surface area contributed by atoms with Gasteiger partial charge in [-0.25, -0.2) is 19.4 Å². The molecular formula is C31H31ClFN7O. The number of carbonyl (C=O) groups excluding carboxylic acids is 1. The molecule has 0 saturated carbocycles. The van der Waals surface area contributed by atoms with Gasteiger partial charge in [0.05, 0.1) is 5.69 Å². The minimum atomic E-state index is -0.336. The molecule has 41 heavy (non-hydrogen) atoms. The molecule has 0 fully saturated rings. The third kappa shape index (κ3) is 6.06. The van der Waals surface area contributed by atoms with E-state index in [-0.39, 0.29) is 16.9 Å². The van der Waals surface area contributed by atoms with Crippen molar-refractivity contribution in [3.05, 3.63) is 101 Å². The van der Waals surface area contributed by atoms with Gasteiger partial charge in [0.25, 0.3) is 5.91 Å². The summed E-state index contributed by atoms with van der Waals surface area (Å²) in [4.78, 5) is 27.7. The second kappa shape index (κ2) is 12.4. The first-order valence-electron chi connectivity index (χ1n) is 13.4. The van der Waals surface area contributed by atoms with Gasteiger partial charge in [0, 0.05) is 66.7 Å². The summed E-state index contributed by atoms with van der Waals surface area (Å²) in [6.07, 6.45) is 8.71. The maximum atomic E-state index is 15.6. The van der Waals surface area contributed by atoms with Crippen LogP contribution >= 0.6 is 11.6 Å². The van der Waals surface area contributed by atoms with Crippen molar-refractivity contribution in [2.24, 2.45) is 4.99 Å². The number of aliphatic imine (C=N–C) groups is 1. The fourth-order valence-electron chi connectivity index (χ4n) is 4.94. The zero-order valence-electron chi connectivity index (χ0n) is 23.1.